The van der Waals surface area contributed by atoms with Crippen molar-refractivity contribution in [3.63, 3.8) is 0 Å². The molecule has 0 saturated carbocycles. The highest BCUT2D eigenvalue weighted by Gasteiger charge is 2.21. The standard InChI is InChI=1S/C18H20FNO/c1-2-20-18-10-5-14-11-16(8-9-17(14)18)21-12-13-3-6-15(19)7-4-13/h3-4,6-9,11,18,20H,2,5,10,12H2,1H3. The molecule has 0 spiro atoms. The number of aryl methyl sites for hydroxylation is 1. The monoisotopic (exact) mass is 285 g/mol. The number of hydrogen-bond acceptors (Lipinski definition) is 2. The van der Waals surface area contributed by atoms with Gasteiger partial charge in [-0.3, -0.25) is 0 Å². The quantitative estimate of drug-likeness (QED) is 0.896. The summed E-state index contributed by atoms with van der Waals surface area (Å²) in [5.41, 5.74) is 3.74. The molecule has 1 aliphatic rings. The average Bonchev–Trinajstić information content (AvgIpc) is 2.90. The van der Waals surface area contributed by atoms with Crippen LogP contribution in [0.25, 0.3) is 0 Å². The van der Waals surface area contributed by atoms with Crippen LogP contribution in [0.3, 0.4) is 0 Å². The van der Waals surface area contributed by atoms with Gasteiger partial charge in [-0.25, -0.2) is 4.39 Å². The predicted octanol–water partition coefficient (Wildman–Crippen LogP) is 4.00. The largest absolute Gasteiger partial charge is 0.489 e. The molecule has 0 heterocycles. The van der Waals surface area contributed by atoms with E-state index in [1.807, 2.05) is 6.07 Å². The van der Waals surface area contributed by atoms with Gasteiger partial charge in [-0.1, -0.05) is 25.1 Å². The lowest BCUT2D eigenvalue weighted by Gasteiger charge is -2.13. The normalized spacial score (nSPS) is 16.8. The Morgan fingerprint density at radius 3 is 2.76 bits per heavy atom. The Bertz CT molecular complexity index is 609. The van der Waals surface area contributed by atoms with Crippen molar-refractivity contribution >= 4 is 0 Å². The molecule has 3 heteroatoms. The van der Waals surface area contributed by atoms with E-state index in [1.54, 1.807) is 12.1 Å². The zero-order valence-electron chi connectivity index (χ0n) is 12.2. The van der Waals surface area contributed by atoms with Crippen molar-refractivity contribution in [2.45, 2.75) is 32.4 Å². The predicted molar refractivity (Wildman–Crippen MR) is 81.9 cm³/mol. The number of ether oxygens (including phenoxy) is 1. The van der Waals surface area contributed by atoms with Gasteiger partial charge in [-0.15, -0.1) is 0 Å². The molecule has 1 aliphatic carbocycles. The topological polar surface area (TPSA) is 21.3 Å². The highest BCUT2D eigenvalue weighted by Crippen LogP contribution is 2.33. The molecular formula is C18H20FNO. The highest BCUT2D eigenvalue weighted by molar-refractivity contribution is 5.40. The van der Waals surface area contributed by atoms with Crippen LogP contribution in [0.2, 0.25) is 0 Å². The maximum absolute atomic E-state index is 12.9. The van der Waals surface area contributed by atoms with Crippen LogP contribution in [0.15, 0.2) is 42.5 Å². The molecule has 2 aromatic carbocycles. The molecule has 1 atom stereocenters. The summed E-state index contributed by atoms with van der Waals surface area (Å²) in [6.07, 6.45) is 2.26. The van der Waals surface area contributed by atoms with Gasteiger partial charge in [0.15, 0.2) is 0 Å². The molecule has 2 aromatic rings. The Hall–Kier alpha value is -1.87. The second-order valence-corrected chi connectivity index (χ2v) is 5.42. The molecule has 0 aromatic heterocycles. The van der Waals surface area contributed by atoms with Crippen molar-refractivity contribution in [2.24, 2.45) is 0 Å². The summed E-state index contributed by atoms with van der Waals surface area (Å²) < 4.78 is 18.7. The lowest BCUT2D eigenvalue weighted by atomic mass is 10.1. The molecule has 0 saturated heterocycles. The molecule has 0 fully saturated rings. The van der Waals surface area contributed by atoms with Crippen LogP contribution < -0.4 is 10.1 Å². The van der Waals surface area contributed by atoms with Gasteiger partial charge >= 0.3 is 0 Å². The summed E-state index contributed by atoms with van der Waals surface area (Å²) in [5.74, 6) is 0.668. The van der Waals surface area contributed by atoms with Gasteiger partial charge in [-0.05, 0) is 60.3 Å². The summed E-state index contributed by atoms with van der Waals surface area (Å²) in [6.45, 7) is 3.60. The Labute approximate surface area is 125 Å². The molecule has 1 N–H and O–H groups in total. The van der Waals surface area contributed by atoms with Crippen LogP contribution in [0, 0.1) is 5.82 Å². The van der Waals surface area contributed by atoms with Crippen LogP contribution in [0.4, 0.5) is 4.39 Å². The van der Waals surface area contributed by atoms with E-state index < -0.39 is 0 Å². The zero-order valence-corrected chi connectivity index (χ0v) is 12.2. The van der Waals surface area contributed by atoms with Gasteiger partial charge in [0.05, 0.1) is 0 Å². The first-order valence-electron chi connectivity index (χ1n) is 7.49. The summed E-state index contributed by atoms with van der Waals surface area (Å²) in [4.78, 5) is 0. The third-order valence-electron chi connectivity index (χ3n) is 3.96. The second-order valence-electron chi connectivity index (χ2n) is 5.42. The third-order valence-corrected chi connectivity index (χ3v) is 3.96. The van der Waals surface area contributed by atoms with Crippen molar-refractivity contribution in [3.8, 4) is 5.75 Å². The smallest absolute Gasteiger partial charge is 0.123 e. The SMILES string of the molecule is CCNC1CCc2cc(OCc3ccc(F)cc3)ccc21. The van der Waals surface area contributed by atoms with Crippen molar-refractivity contribution in [1.29, 1.82) is 0 Å². The Kier molecular flexibility index (Phi) is 4.20. The molecule has 1 unspecified atom stereocenters. The fraction of sp³-hybridized carbons (Fsp3) is 0.333. The molecular weight excluding hydrogens is 265 g/mol. The highest BCUT2D eigenvalue weighted by atomic mass is 19.1. The maximum Gasteiger partial charge on any atom is 0.123 e. The minimum absolute atomic E-state index is 0.217. The van der Waals surface area contributed by atoms with E-state index in [0.717, 1.165) is 30.7 Å². The number of fused-ring (bicyclic) bond motifs is 1. The molecule has 0 radical (unpaired) electrons. The van der Waals surface area contributed by atoms with Crippen molar-refractivity contribution in [3.05, 3.63) is 65.0 Å². The van der Waals surface area contributed by atoms with Crippen LogP contribution >= 0.6 is 0 Å². The number of rotatable bonds is 5. The van der Waals surface area contributed by atoms with E-state index in [-0.39, 0.29) is 5.82 Å². The lowest BCUT2D eigenvalue weighted by Crippen LogP contribution is -2.18. The number of benzene rings is 2. The fourth-order valence-corrected chi connectivity index (χ4v) is 2.89. The van der Waals surface area contributed by atoms with Gasteiger partial charge in [0.2, 0.25) is 0 Å². The summed E-state index contributed by atoms with van der Waals surface area (Å²) in [5, 5.41) is 3.51. The minimum atomic E-state index is -0.217. The minimum Gasteiger partial charge on any atom is -0.489 e. The average molecular weight is 285 g/mol. The molecule has 21 heavy (non-hydrogen) atoms. The Balaban J connectivity index is 1.66. The molecule has 2 nitrogen and oxygen atoms in total. The van der Waals surface area contributed by atoms with Crippen molar-refractivity contribution < 1.29 is 9.13 Å². The summed E-state index contributed by atoms with van der Waals surface area (Å²) >= 11 is 0. The lowest BCUT2D eigenvalue weighted by molar-refractivity contribution is 0.306. The third kappa shape index (κ3) is 3.24. The maximum atomic E-state index is 12.9. The second kappa shape index (κ2) is 6.27. The number of nitrogens with one attached hydrogen (secondary N) is 1. The number of halogens is 1. The van der Waals surface area contributed by atoms with Gasteiger partial charge < -0.3 is 10.1 Å². The van der Waals surface area contributed by atoms with Crippen LogP contribution in [0.1, 0.15) is 36.1 Å². The number of hydrogen-bond donors (Lipinski definition) is 1. The van der Waals surface area contributed by atoms with E-state index in [0.29, 0.717) is 12.6 Å². The van der Waals surface area contributed by atoms with Gasteiger partial charge in [0, 0.05) is 6.04 Å². The Morgan fingerprint density at radius 1 is 1.19 bits per heavy atom. The van der Waals surface area contributed by atoms with Crippen molar-refractivity contribution in [1.82, 2.24) is 5.32 Å². The summed E-state index contributed by atoms with van der Waals surface area (Å²) in [7, 11) is 0. The van der Waals surface area contributed by atoms with E-state index in [1.165, 1.54) is 23.3 Å². The first kappa shape index (κ1) is 14.1. The van der Waals surface area contributed by atoms with E-state index in [4.69, 9.17) is 4.74 Å². The molecule has 0 amide bonds. The van der Waals surface area contributed by atoms with E-state index in [9.17, 15) is 4.39 Å². The Morgan fingerprint density at radius 2 is 2.00 bits per heavy atom. The first-order valence-corrected chi connectivity index (χ1v) is 7.49. The van der Waals surface area contributed by atoms with E-state index in [2.05, 4.69) is 24.4 Å². The summed E-state index contributed by atoms with van der Waals surface area (Å²) in [6, 6.07) is 13.2. The molecule has 110 valence electrons. The van der Waals surface area contributed by atoms with Crippen LogP contribution in [-0.2, 0) is 13.0 Å². The molecule has 0 bridgehead atoms. The first-order chi connectivity index (χ1) is 10.3. The van der Waals surface area contributed by atoms with Gasteiger partial charge in [-0.2, -0.15) is 0 Å². The fourth-order valence-electron chi connectivity index (χ4n) is 2.89. The van der Waals surface area contributed by atoms with E-state index >= 15 is 0 Å². The van der Waals surface area contributed by atoms with Gasteiger partial charge in [0.25, 0.3) is 0 Å². The van der Waals surface area contributed by atoms with Gasteiger partial charge in [0.1, 0.15) is 18.2 Å². The van der Waals surface area contributed by atoms with Crippen molar-refractivity contribution in [2.75, 3.05) is 6.54 Å². The zero-order chi connectivity index (χ0) is 14.7. The molecule has 0 aliphatic heterocycles. The van der Waals surface area contributed by atoms with Crippen LogP contribution in [-0.4, -0.2) is 6.54 Å². The van der Waals surface area contributed by atoms with Crippen LogP contribution in [0.5, 0.6) is 5.75 Å². The molecule has 3 rings (SSSR count).